The molecule has 0 atom stereocenters. The second kappa shape index (κ2) is 11.9. The third kappa shape index (κ3) is 44.3. The molecule has 0 aliphatic rings. The third-order valence-corrected chi connectivity index (χ3v) is 0.667. The summed E-state index contributed by atoms with van der Waals surface area (Å²) in [7, 11) is -7.33. The summed E-state index contributed by atoms with van der Waals surface area (Å²) >= 11 is 0. The maximum Gasteiger partial charge on any atom is 0.762 e. The van der Waals surface area contributed by atoms with Crippen molar-refractivity contribution in [1.29, 1.82) is 0 Å². The maximum atomic E-state index is 9.67. The Morgan fingerprint density at radius 2 is 0.500 bits per heavy atom. The highest BCUT2D eigenvalue weighted by atomic mass is 19.4. The highest BCUT2D eigenvalue weighted by Crippen LogP contribution is 1.81. The molecule has 0 saturated heterocycles. The number of halogens is 6. The molecule has 14 heavy (non-hydrogen) atoms. The minimum atomic E-state index is -3.67. The van der Waals surface area contributed by atoms with Crippen molar-refractivity contribution >= 4 is 15.1 Å². The minimum absolute atomic E-state index is 2.00. The Balaban J connectivity index is 0. The Hall–Kier alpha value is -1.07. The van der Waals surface area contributed by atoms with Gasteiger partial charge in [0.15, 0.2) is 0 Å². The van der Waals surface area contributed by atoms with Gasteiger partial charge in [0.2, 0.25) is 0 Å². The second-order valence-corrected chi connectivity index (χ2v) is 1.65. The molecule has 8 heteroatoms. The molecule has 0 aromatic heterocycles. The van der Waals surface area contributed by atoms with E-state index in [1.54, 1.807) is 0 Å². The van der Waals surface area contributed by atoms with Gasteiger partial charge in [-0.15, -0.1) is 0 Å². The first-order valence-electron chi connectivity index (χ1n) is 3.31. The zero-order valence-corrected chi connectivity index (χ0v) is 6.89. The van der Waals surface area contributed by atoms with Crippen molar-refractivity contribution in [3.05, 3.63) is 36.4 Å². The molecular formula is C6H6B2F6. The van der Waals surface area contributed by atoms with Crippen LogP contribution in [0.2, 0.25) is 0 Å². The standard InChI is InChI=1S/C6H6.2BF3/c1-2-4-6-5-3-1;2*2-1(3)4/h1-6H;;. The average Bonchev–Trinajstić information content (AvgIpc) is 2.05. The van der Waals surface area contributed by atoms with Crippen LogP contribution < -0.4 is 0 Å². The van der Waals surface area contributed by atoms with Gasteiger partial charge in [0, 0.05) is 0 Å². The lowest BCUT2D eigenvalue weighted by Gasteiger charge is -1.69. The van der Waals surface area contributed by atoms with Gasteiger partial charge in [0.05, 0.1) is 0 Å². The largest absolute Gasteiger partial charge is 0.762 e. The molecule has 1 aromatic carbocycles. The molecule has 0 N–H and O–H groups in total. The lowest BCUT2D eigenvalue weighted by Crippen LogP contribution is -1.76. The van der Waals surface area contributed by atoms with Crippen LogP contribution in [0.3, 0.4) is 0 Å². The first-order chi connectivity index (χ1) is 6.46. The summed E-state index contributed by atoms with van der Waals surface area (Å²) in [6, 6.07) is 12.0. The highest BCUT2D eigenvalue weighted by molar-refractivity contribution is 6.33. The molecule has 0 aliphatic carbocycles. The molecule has 78 valence electrons. The summed E-state index contributed by atoms with van der Waals surface area (Å²) in [5, 5.41) is 0. The van der Waals surface area contributed by atoms with Gasteiger partial charge in [-0.25, -0.2) is 0 Å². The lowest BCUT2D eigenvalue weighted by molar-refractivity contribution is 0.533. The van der Waals surface area contributed by atoms with Crippen LogP contribution in [-0.2, 0) is 0 Å². The molecule has 0 fully saturated rings. The number of benzene rings is 1. The monoisotopic (exact) mass is 214 g/mol. The maximum absolute atomic E-state index is 9.67. The fraction of sp³-hybridized carbons (Fsp3) is 0. The Morgan fingerprint density at radius 1 is 0.429 bits per heavy atom. The first-order valence-corrected chi connectivity index (χ1v) is 3.31. The zero-order chi connectivity index (χ0) is 11.4. The van der Waals surface area contributed by atoms with E-state index in [1.807, 2.05) is 36.4 Å². The normalized spacial score (nSPS) is 7.29. The van der Waals surface area contributed by atoms with Crippen LogP contribution in [0.5, 0.6) is 0 Å². The van der Waals surface area contributed by atoms with E-state index in [0.29, 0.717) is 0 Å². The molecule has 0 spiro atoms. The van der Waals surface area contributed by atoms with Crippen LogP contribution in [0, 0.1) is 0 Å². The van der Waals surface area contributed by atoms with Crippen molar-refractivity contribution in [2.75, 3.05) is 0 Å². The second-order valence-electron chi connectivity index (χ2n) is 1.65. The predicted octanol–water partition coefficient (Wildman–Crippen LogP) is 3.45. The van der Waals surface area contributed by atoms with Gasteiger partial charge in [-0.2, -0.15) is 0 Å². The Bertz CT molecular complexity index is 145. The molecule has 0 heterocycles. The van der Waals surface area contributed by atoms with Gasteiger partial charge in [0.1, 0.15) is 0 Å². The molecule has 0 bridgehead atoms. The zero-order valence-electron chi connectivity index (χ0n) is 6.89. The molecule has 0 aliphatic heterocycles. The number of hydrogen-bond acceptors (Lipinski definition) is 0. The summed E-state index contributed by atoms with van der Waals surface area (Å²) in [5.41, 5.74) is 0. The smallest absolute Gasteiger partial charge is 0.254 e. The molecule has 1 rings (SSSR count). The average molecular weight is 214 g/mol. The Labute approximate surface area is 78.4 Å². The van der Waals surface area contributed by atoms with Crippen LogP contribution >= 0.6 is 0 Å². The highest BCUT2D eigenvalue weighted by Gasteiger charge is 2.06. The quantitative estimate of drug-likeness (QED) is 0.458. The van der Waals surface area contributed by atoms with Crippen LogP contribution in [0.4, 0.5) is 25.9 Å². The molecule has 0 unspecified atom stereocenters. The topological polar surface area (TPSA) is 0 Å². The van der Waals surface area contributed by atoms with Crippen molar-refractivity contribution in [3.63, 3.8) is 0 Å². The van der Waals surface area contributed by atoms with E-state index in [4.69, 9.17) is 0 Å². The molecule has 0 saturated carbocycles. The van der Waals surface area contributed by atoms with E-state index < -0.39 is 15.1 Å². The van der Waals surface area contributed by atoms with E-state index in [0.717, 1.165) is 0 Å². The third-order valence-electron chi connectivity index (χ3n) is 0.667. The van der Waals surface area contributed by atoms with Crippen molar-refractivity contribution in [2.45, 2.75) is 0 Å². The van der Waals surface area contributed by atoms with Crippen LogP contribution in [0.1, 0.15) is 0 Å². The lowest BCUT2D eigenvalue weighted by atomic mass is 10.4. The molecular weight excluding hydrogens is 208 g/mol. The van der Waals surface area contributed by atoms with Gasteiger partial charge in [0.25, 0.3) is 0 Å². The van der Waals surface area contributed by atoms with E-state index in [9.17, 15) is 25.9 Å². The van der Waals surface area contributed by atoms with Gasteiger partial charge < -0.3 is 0 Å². The summed E-state index contributed by atoms with van der Waals surface area (Å²) < 4.78 is 58.0. The Kier molecular flexibility index (Phi) is 13.1. The number of rotatable bonds is 0. The van der Waals surface area contributed by atoms with Gasteiger partial charge in [-0.05, 0) is 0 Å². The minimum Gasteiger partial charge on any atom is -0.254 e. The Morgan fingerprint density at radius 3 is 0.571 bits per heavy atom. The van der Waals surface area contributed by atoms with Crippen LogP contribution in [0.25, 0.3) is 0 Å². The molecule has 0 nitrogen and oxygen atoms in total. The van der Waals surface area contributed by atoms with Crippen molar-refractivity contribution in [3.8, 4) is 0 Å². The predicted molar refractivity (Wildman–Crippen MR) is 44.6 cm³/mol. The van der Waals surface area contributed by atoms with Gasteiger partial charge in [-0.3, -0.25) is 25.9 Å². The van der Waals surface area contributed by atoms with Crippen LogP contribution in [0.15, 0.2) is 36.4 Å². The molecule has 0 radical (unpaired) electrons. The summed E-state index contributed by atoms with van der Waals surface area (Å²) in [4.78, 5) is 0. The molecule has 1 aromatic rings. The fourth-order valence-corrected chi connectivity index (χ4v) is 0.385. The summed E-state index contributed by atoms with van der Waals surface area (Å²) in [6.07, 6.45) is 0. The van der Waals surface area contributed by atoms with Gasteiger partial charge >= 0.3 is 15.1 Å². The summed E-state index contributed by atoms with van der Waals surface area (Å²) in [6.45, 7) is 0. The van der Waals surface area contributed by atoms with E-state index in [2.05, 4.69) is 0 Å². The number of hydrogen-bond donors (Lipinski definition) is 0. The van der Waals surface area contributed by atoms with Gasteiger partial charge in [-0.1, -0.05) is 36.4 Å². The van der Waals surface area contributed by atoms with Crippen molar-refractivity contribution in [2.24, 2.45) is 0 Å². The van der Waals surface area contributed by atoms with Crippen LogP contribution in [-0.4, -0.2) is 15.1 Å². The molecule has 0 amide bonds. The van der Waals surface area contributed by atoms with Crippen molar-refractivity contribution in [1.82, 2.24) is 0 Å². The fourth-order valence-electron chi connectivity index (χ4n) is 0.385. The van der Waals surface area contributed by atoms with E-state index >= 15 is 0 Å². The van der Waals surface area contributed by atoms with Crippen molar-refractivity contribution < 1.29 is 25.9 Å². The summed E-state index contributed by atoms with van der Waals surface area (Å²) in [5.74, 6) is 0. The van der Waals surface area contributed by atoms with E-state index in [-0.39, 0.29) is 0 Å². The SMILES string of the molecule is FB(F)F.FB(F)F.c1ccccc1. The van der Waals surface area contributed by atoms with E-state index in [1.165, 1.54) is 0 Å². The first kappa shape index (κ1) is 15.4.